The molecule has 0 aliphatic carbocycles. The van der Waals surface area contributed by atoms with Gasteiger partial charge in [0.25, 0.3) is 0 Å². The molecule has 0 saturated carbocycles. The molecule has 0 saturated heterocycles. The number of hydrogen-bond acceptors (Lipinski definition) is 4. The van der Waals surface area contributed by atoms with E-state index in [0.29, 0.717) is 11.6 Å². The van der Waals surface area contributed by atoms with Gasteiger partial charge in [-0.1, -0.05) is 17.7 Å². The van der Waals surface area contributed by atoms with E-state index < -0.39 is 17.6 Å². The highest BCUT2D eigenvalue weighted by molar-refractivity contribution is 6.32. The summed E-state index contributed by atoms with van der Waals surface area (Å²) < 4.78 is 42.8. The van der Waals surface area contributed by atoms with E-state index in [0.717, 1.165) is 0 Å². The van der Waals surface area contributed by atoms with Gasteiger partial charge in [-0.3, -0.25) is 0 Å². The van der Waals surface area contributed by atoms with Crippen molar-refractivity contribution in [2.75, 3.05) is 7.11 Å². The van der Waals surface area contributed by atoms with Crippen LogP contribution in [0.25, 0.3) is 12.2 Å². The summed E-state index contributed by atoms with van der Waals surface area (Å²) in [5.74, 6) is -0.146. The van der Waals surface area contributed by atoms with E-state index in [-0.39, 0.29) is 22.2 Å². The second kappa shape index (κ2) is 6.33. The SMILES string of the molecule is COc1cc(/C=C/c2cc(C(F)(F)F)[nH]c(=O)n2)cc(Cl)c1O. The summed E-state index contributed by atoms with van der Waals surface area (Å²) >= 11 is 5.81. The molecule has 122 valence electrons. The normalized spacial score (nSPS) is 11.9. The topological polar surface area (TPSA) is 75.2 Å². The number of benzene rings is 1. The summed E-state index contributed by atoms with van der Waals surface area (Å²) in [6, 6.07) is 3.51. The summed E-state index contributed by atoms with van der Waals surface area (Å²) in [5.41, 5.74) is -2.04. The number of alkyl halides is 3. The highest BCUT2D eigenvalue weighted by Gasteiger charge is 2.32. The Morgan fingerprint density at radius 1 is 1.30 bits per heavy atom. The summed E-state index contributed by atoms with van der Waals surface area (Å²) in [6.45, 7) is 0. The average molecular weight is 347 g/mol. The first-order chi connectivity index (χ1) is 10.7. The maximum absolute atomic E-state index is 12.6. The zero-order valence-corrected chi connectivity index (χ0v) is 12.4. The second-order valence-corrected chi connectivity index (χ2v) is 4.82. The van der Waals surface area contributed by atoms with E-state index in [1.807, 2.05) is 0 Å². The molecule has 0 spiro atoms. The van der Waals surface area contributed by atoms with Crippen molar-refractivity contribution >= 4 is 23.8 Å². The zero-order chi connectivity index (χ0) is 17.2. The highest BCUT2D eigenvalue weighted by atomic mass is 35.5. The average Bonchev–Trinajstić information content (AvgIpc) is 2.47. The number of phenols is 1. The number of halogens is 4. The van der Waals surface area contributed by atoms with Gasteiger partial charge in [0.15, 0.2) is 11.5 Å². The number of nitrogens with one attached hydrogen (secondary N) is 1. The van der Waals surface area contributed by atoms with Gasteiger partial charge in [-0.15, -0.1) is 0 Å². The van der Waals surface area contributed by atoms with Crippen LogP contribution in [0.3, 0.4) is 0 Å². The van der Waals surface area contributed by atoms with Crippen molar-refractivity contribution in [2.24, 2.45) is 0 Å². The minimum atomic E-state index is -4.68. The maximum atomic E-state index is 12.6. The van der Waals surface area contributed by atoms with Gasteiger partial charge in [0.2, 0.25) is 0 Å². The van der Waals surface area contributed by atoms with Crippen LogP contribution in [-0.4, -0.2) is 22.2 Å². The van der Waals surface area contributed by atoms with E-state index in [2.05, 4.69) is 4.98 Å². The fourth-order valence-corrected chi connectivity index (χ4v) is 1.96. The van der Waals surface area contributed by atoms with Crippen molar-refractivity contribution in [1.29, 1.82) is 0 Å². The molecule has 2 aromatic rings. The Hall–Kier alpha value is -2.48. The van der Waals surface area contributed by atoms with Gasteiger partial charge < -0.3 is 14.8 Å². The Balaban J connectivity index is 2.40. The number of nitrogens with zero attached hydrogens (tertiary/aromatic N) is 1. The lowest BCUT2D eigenvalue weighted by Gasteiger charge is -2.07. The van der Waals surface area contributed by atoms with Gasteiger partial charge >= 0.3 is 11.9 Å². The molecule has 23 heavy (non-hydrogen) atoms. The first-order valence-corrected chi connectivity index (χ1v) is 6.51. The number of aromatic amines is 1. The predicted molar refractivity (Wildman–Crippen MR) is 78.5 cm³/mol. The molecule has 5 nitrogen and oxygen atoms in total. The second-order valence-electron chi connectivity index (χ2n) is 4.41. The zero-order valence-electron chi connectivity index (χ0n) is 11.6. The molecule has 0 fully saturated rings. The standard InChI is InChI=1S/C14H10ClF3N2O3/c1-23-10-5-7(4-9(15)12(10)21)2-3-8-6-11(14(16,17)18)20-13(22)19-8/h2-6,21H,1H3,(H,19,20,22)/b3-2+. The number of aromatic hydroxyl groups is 1. The fraction of sp³-hybridized carbons (Fsp3) is 0.143. The van der Waals surface area contributed by atoms with Gasteiger partial charge in [-0.25, -0.2) is 4.79 Å². The number of methoxy groups -OCH3 is 1. The van der Waals surface area contributed by atoms with Crippen molar-refractivity contribution in [1.82, 2.24) is 9.97 Å². The lowest BCUT2D eigenvalue weighted by molar-refractivity contribution is -0.141. The molecule has 0 bridgehead atoms. The highest BCUT2D eigenvalue weighted by Crippen LogP contribution is 2.35. The Labute approximate surface area is 133 Å². The molecule has 0 unspecified atom stereocenters. The van der Waals surface area contributed by atoms with E-state index >= 15 is 0 Å². The van der Waals surface area contributed by atoms with E-state index in [1.54, 1.807) is 4.98 Å². The van der Waals surface area contributed by atoms with Crippen LogP contribution in [0.2, 0.25) is 5.02 Å². The van der Waals surface area contributed by atoms with Crippen molar-refractivity contribution in [3.63, 3.8) is 0 Å². The van der Waals surface area contributed by atoms with Crippen LogP contribution in [0.1, 0.15) is 17.0 Å². The number of H-pyrrole nitrogens is 1. The third-order valence-electron chi connectivity index (χ3n) is 2.79. The van der Waals surface area contributed by atoms with Crippen LogP contribution < -0.4 is 10.4 Å². The minimum absolute atomic E-state index is 0.0128. The number of aromatic nitrogens is 2. The third-order valence-corrected chi connectivity index (χ3v) is 3.08. The largest absolute Gasteiger partial charge is 0.503 e. The Bertz CT molecular complexity index is 816. The molecule has 1 aromatic heterocycles. The summed E-state index contributed by atoms with van der Waals surface area (Å²) in [4.78, 5) is 16.2. The molecule has 0 atom stereocenters. The predicted octanol–water partition coefficient (Wildman–Crippen LogP) is 3.33. The van der Waals surface area contributed by atoms with E-state index in [9.17, 15) is 23.1 Å². The van der Waals surface area contributed by atoms with Gasteiger partial charge in [0.1, 0.15) is 5.69 Å². The molecular formula is C14H10ClF3N2O3. The number of ether oxygens (including phenoxy) is 1. The molecule has 0 aliphatic rings. The van der Waals surface area contributed by atoms with Crippen molar-refractivity contribution in [3.05, 3.63) is 50.7 Å². The molecule has 1 aromatic carbocycles. The monoisotopic (exact) mass is 346 g/mol. The van der Waals surface area contributed by atoms with Crippen LogP contribution in [0, 0.1) is 0 Å². The van der Waals surface area contributed by atoms with Gasteiger partial charge in [-0.2, -0.15) is 18.2 Å². The van der Waals surface area contributed by atoms with Gasteiger partial charge in [0, 0.05) is 0 Å². The molecule has 0 radical (unpaired) electrons. The molecule has 0 aliphatic heterocycles. The van der Waals surface area contributed by atoms with Crippen molar-refractivity contribution in [2.45, 2.75) is 6.18 Å². The van der Waals surface area contributed by atoms with Gasteiger partial charge in [0.05, 0.1) is 17.8 Å². The summed E-state index contributed by atoms with van der Waals surface area (Å²) in [7, 11) is 1.33. The molecule has 9 heteroatoms. The number of hydrogen-bond donors (Lipinski definition) is 2. The van der Waals surface area contributed by atoms with Crippen LogP contribution >= 0.6 is 11.6 Å². The molecule has 1 heterocycles. The summed E-state index contributed by atoms with van der Waals surface area (Å²) in [5, 5.41) is 9.62. The lowest BCUT2D eigenvalue weighted by atomic mass is 10.1. The third kappa shape index (κ3) is 4.04. The van der Waals surface area contributed by atoms with E-state index in [4.69, 9.17) is 16.3 Å². The van der Waals surface area contributed by atoms with Crippen LogP contribution in [0.5, 0.6) is 11.5 Å². The Morgan fingerprint density at radius 2 is 2.00 bits per heavy atom. The van der Waals surface area contributed by atoms with Crippen LogP contribution in [-0.2, 0) is 6.18 Å². The van der Waals surface area contributed by atoms with Gasteiger partial charge in [-0.05, 0) is 29.8 Å². The quantitative estimate of drug-likeness (QED) is 0.894. The molecule has 2 rings (SSSR count). The summed E-state index contributed by atoms with van der Waals surface area (Å²) in [6.07, 6.45) is -2.09. The maximum Gasteiger partial charge on any atom is 0.431 e. The molecular weight excluding hydrogens is 337 g/mol. The Kier molecular flexibility index (Phi) is 4.65. The Morgan fingerprint density at radius 3 is 2.61 bits per heavy atom. The minimum Gasteiger partial charge on any atom is -0.503 e. The first kappa shape index (κ1) is 16.9. The lowest BCUT2D eigenvalue weighted by Crippen LogP contribution is -2.19. The molecule has 0 amide bonds. The van der Waals surface area contributed by atoms with Crippen molar-refractivity contribution < 1.29 is 23.0 Å². The van der Waals surface area contributed by atoms with E-state index in [1.165, 1.54) is 31.4 Å². The fourth-order valence-electron chi connectivity index (χ4n) is 1.74. The number of phenolic OH excluding ortho intramolecular Hbond substituents is 1. The van der Waals surface area contributed by atoms with Crippen LogP contribution in [0.4, 0.5) is 13.2 Å². The van der Waals surface area contributed by atoms with Crippen LogP contribution in [0.15, 0.2) is 23.0 Å². The molecule has 2 N–H and O–H groups in total. The van der Waals surface area contributed by atoms with Crippen molar-refractivity contribution in [3.8, 4) is 11.5 Å². The number of rotatable bonds is 3. The smallest absolute Gasteiger partial charge is 0.431 e. The first-order valence-electron chi connectivity index (χ1n) is 6.14.